The molecule has 2 aliphatic heterocycles. The van der Waals surface area contributed by atoms with Crippen LogP contribution in [0.2, 0.25) is 0 Å². The highest BCUT2D eigenvalue weighted by molar-refractivity contribution is 5.73. The van der Waals surface area contributed by atoms with Crippen molar-refractivity contribution in [2.24, 2.45) is 0 Å². The third-order valence-electron chi connectivity index (χ3n) is 4.55. The van der Waals surface area contributed by atoms with Crippen LogP contribution in [0.5, 0.6) is 0 Å². The number of carbonyl (C=O) groups excluding carboxylic acids is 1. The van der Waals surface area contributed by atoms with Gasteiger partial charge in [-0.1, -0.05) is 6.42 Å². The van der Waals surface area contributed by atoms with Gasteiger partial charge in [-0.15, -0.1) is 0 Å². The molecule has 2 rings (SSSR count). The number of piperidine rings is 1. The number of aliphatic hydroxyl groups is 1. The monoisotopic (exact) mass is 328 g/mol. The zero-order valence-electron chi connectivity index (χ0n) is 14.2. The Kier molecular flexibility index (Phi) is 5.20. The van der Waals surface area contributed by atoms with E-state index in [9.17, 15) is 19.8 Å². The Bertz CT molecular complexity index is 454. The van der Waals surface area contributed by atoms with E-state index < -0.39 is 23.2 Å². The molecule has 0 spiro atoms. The lowest BCUT2D eigenvalue weighted by Gasteiger charge is -2.58. The van der Waals surface area contributed by atoms with Gasteiger partial charge >= 0.3 is 12.1 Å². The number of hydrogen-bond donors (Lipinski definition) is 2. The number of ether oxygens (including phenoxy) is 1. The second-order valence-corrected chi connectivity index (χ2v) is 7.66. The first-order valence-corrected chi connectivity index (χ1v) is 8.24. The van der Waals surface area contributed by atoms with E-state index in [1.807, 2.05) is 20.8 Å². The summed E-state index contributed by atoms with van der Waals surface area (Å²) in [5.74, 6) is -0.879. The van der Waals surface area contributed by atoms with Crippen LogP contribution in [0.3, 0.4) is 0 Å². The molecule has 1 unspecified atom stereocenters. The van der Waals surface area contributed by atoms with Crippen molar-refractivity contribution in [3.05, 3.63) is 0 Å². The number of aliphatic hydroxyl groups excluding tert-OH is 1. The number of amides is 1. The average Bonchev–Trinajstić information content (AvgIpc) is 2.40. The van der Waals surface area contributed by atoms with Gasteiger partial charge in [0, 0.05) is 19.1 Å². The Hall–Kier alpha value is -1.34. The standard InChI is InChI=1S/C16H28N2O5/c1-15(2,3)23-14(22)17-10-16(11-17,8-13(20)21)18-7-5-4-6-12(18)9-19/h12,19H,4-11H2,1-3H3,(H,20,21). The third-order valence-corrected chi connectivity index (χ3v) is 4.55. The first kappa shape index (κ1) is 18.0. The summed E-state index contributed by atoms with van der Waals surface area (Å²) in [5.41, 5.74) is -1.16. The molecular formula is C16H28N2O5. The molecule has 0 aromatic carbocycles. The summed E-state index contributed by atoms with van der Waals surface area (Å²) in [7, 11) is 0. The number of likely N-dealkylation sites (tertiary alicyclic amines) is 2. The number of carbonyl (C=O) groups is 2. The maximum Gasteiger partial charge on any atom is 0.410 e. The molecule has 1 amide bonds. The molecular weight excluding hydrogens is 300 g/mol. The molecule has 2 aliphatic rings. The van der Waals surface area contributed by atoms with Crippen LogP contribution in [-0.2, 0) is 9.53 Å². The zero-order valence-corrected chi connectivity index (χ0v) is 14.2. The lowest BCUT2D eigenvalue weighted by Crippen LogP contribution is -2.74. The zero-order chi connectivity index (χ0) is 17.3. The van der Waals surface area contributed by atoms with Gasteiger partial charge in [0.1, 0.15) is 5.60 Å². The molecule has 2 saturated heterocycles. The summed E-state index contributed by atoms with van der Waals surface area (Å²) < 4.78 is 5.35. The molecule has 2 N–H and O–H groups in total. The first-order valence-electron chi connectivity index (χ1n) is 8.24. The molecule has 0 aromatic heterocycles. The fourth-order valence-corrected chi connectivity index (χ4v) is 3.61. The Labute approximate surface area is 137 Å². The molecule has 0 aromatic rings. The van der Waals surface area contributed by atoms with Crippen LogP contribution >= 0.6 is 0 Å². The van der Waals surface area contributed by atoms with Gasteiger partial charge in [-0.05, 0) is 40.2 Å². The Morgan fingerprint density at radius 2 is 1.91 bits per heavy atom. The summed E-state index contributed by atoms with van der Waals surface area (Å²) in [5, 5.41) is 18.9. The van der Waals surface area contributed by atoms with Crippen LogP contribution in [0, 0.1) is 0 Å². The highest BCUT2D eigenvalue weighted by atomic mass is 16.6. The van der Waals surface area contributed by atoms with Gasteiger partial charge in [0.25, 0.3) is 0 Å². The third kappa shape index (κ3) is 4.14. The number of carboxylic acids is 1. The summed E-state index contributed by atoms with van der Waals surface area (Å²) >= 11 is 0. The van der Waals surface area contributed by atoms with E-state index in [0.717, 1.165) is 25.8 Å². The van der Waals surface area contributed by atoms with Crippen molar-refractivity contribution in [1.82, 2.24) is 9.80 Å². The number of rotatable bonds is 4. The van der Waals surface area contributed by atoms with E-state index in [1.54, 1.807) is 4.90 Å². The summed E-state index contributed by atoms with van der Waals surface area (Å²) in [6, 6.07) is -0.0242. The van der Waals surface area contributed by atoms with Crippen LogP contribution in [-0.4, -0.2) is 75.5 Å². The topological polar surface area (TPSA) is 90.3 Å². The fourth-order valence-electron chi connectivity index (χ4n) is 3.61. The number of hydrogen-bond acceptors (Lipinski definition) is 5. The molecule has 1 atom stereocenters. The molecule has 0 saturated carbocycles. The van der Waals surface area contributed by atoms with Gasteiger partial charge < -0.3 is 19.8 Å². The largest absolute Gasteiger partial charge is 0.481 e. The van der Waals surface area contributed by atoms with Crippen molar-refractivity contribution >= 4 is 12.1 Å². The van der Waals surface area contributed by atoms with Crippen LogP contribution < -0.4 is 0 Å². The van der Waals surface area contributed by atoms with Crippen molar-refractivity contribution in [1.29, 1.82) is 0 Å². The molecule has 2 fully saturated rings. The van der Waals surface area contributed by atoms with E-state index >= 15 is 0 Å². The summed E-state index contributed by atoms with van der Waals surface area (Å²) in [4.78, 5) is 27.1. The van der Waals surface area contributed by atoms with Gasteiger partial charge in [-0.3, -0.25) is 9.69 Å². The highest BCUT2D eigenvalue weighted by Gasteiger charge is 2.53. The van der Waals surface area contributed by atoms with Crippen molar-refractivity contribution in [3.8, 4) is 0 Å². The van der Waals surface area contributed by atoms with Crippen LogP contribution in [0.25, 0.3) is 0 Å². The smallest absolute Gasteiger partial charge is 0.410 e. The Morgan fingerprint density at radius 3 is 2.43 bits per heavy atom. The van der Waals surface area contributed by atoms with Crippen molar-refractivity contribution in [2.45, 2.75) is 63.6 Å². The lowest BCUT2D eigenvalue weighted by atomic mass is 9.81. The molecule has 132 valence electrons. The van der Waals surface area contributed by atoms with Gasteiger partial charge in [0.05, 0.1) is 18.6 Å². The second kappa shape index (κ2) is 6.65. The Morgan fingerprint density at radius 1 is 1.26 bits per heavy atom. The van der Waals surface area contributed by atoms with E-state index in [0.29, 0.717) is 13.1 Å². The van der Waals surface area contributed by atoms with Crippen molar-refractivity contribution in [2.75, 3.05) is 26.2 Å². The molecule has 0 aliphatic carbocycles. The summed E-state index contributed by atoms with van der Waals surface area (Å²) in [6.07, 6.45) is 2.47. The van der Waals surface area contributed by atoms with Gasteiger partial charge in [-0.25, -0.2) is 4.79 Å². The SMILES string of the molecule is CC(C)(C)OC(=O)N1CC(CC(=O)O)(N2CCCCC2CO)C1. The van der Waals surface area contributed by atoms with Crippen LogP contribution in [0.4, 0.5) is 4.79 Å². The van der Waals surface area contributed by atoms with Gasteiger partial charge in [0.2, 0.25) is 0 Å². The lowest BCUT2D eigenvalue weighted by molar-refractivity contribution is -0.150. The number of aliphatic carboxylic acids is 1. The van der Waals surface area contributed by atoms with Crippen molar-refractivity contribution < 1.29 is 24.5 Å². The molecule has 7 nitrogen and oxygen atoms in total. The van der Waals surface area contributed by atoms with E-state index in [4.69, 9.17) is 4.74 Å². The van der Waals surface area contributed by atoms with Crippen LogP contribution in [0.1, 0.15) is 46.5 Å². The molecule has 0 bridgehead atoms. The second-order valence-electron chi connectivity index (χ2n) is 7.66. The van der Waals surface area contributed by atoms with Gasteiger partial charge in [-0.2, -0.15) is 0 Å². The van der Waals surface area contributed by atoms with E-state index in [-0.39, 0.29) is 19.1 Å². The summed E-state index contributed by atoms with van der Waals surface area (Å²) in [6.45, 7) is 6.88. The quantitative estimate of drug-likeness (QED) is 0.808. The normalized spacial score (nSPS) is 24.9. The van der Waals surface area contributed by atoms with Crippen molar-refractivity contribution in [3.63, 3.8) is 0 Å². The van der Waals surface area contributed by atoms with E-state index in [2.05, 4.69) is 4.90 Å². The van der Waals surface area contributed by atoms with Gasteiger partial charge in [0.15, 0.2) is 0 Å². The fraction of sp³-hybridized carbons (Fsp3) is 0.875. The minimum absolute atomic E-state index is 0.0216. The number of carboxylic acid groups (broad SMARTS) is 1. The number of nitrogens with zero attached hydrogens (tertiary/aromatic N) is 2. The van der Waals surface area contributed by atoms with Crippen LogP contribution in [0.15, 0.2) is 0 Å². The first-order chi connectivity index (χ1) is 10.7. The minimum Gasteiger partial charge on any atom is -0.481 e. The molecule has 0 radical (unpaired) electrons. The highest BCUT2D eigenvalue weighted by Crippen LogP contribution is 2.37. The van der Waals surface area contributed by atoms with E-state index in [1.165, 1.54) is 0 Å². The predicted octanol–water partition coefficient (Wildman–Crippen LogP) is 1.30. The average molecular weight is 328 g/mol. The molecule has 23 heavy (non-hydrogen) atoms. The molecule has 7 heteroatoms. The predicted molar refractivity (Wildman–Crippen MR) is 84.2 cm³/mol. The molecule has 2 heterocycles. The maximum atomic E-state index is 12.1. The minimum atomic E-state index is -0.879. The maximum absolute atomic E-state index is 12.1. The Balaban J connectivity index is 2.08.